The van der Waals surface area contributed by atoms with E-state index in [0.717, 1.165) is 25.4 Å². The Labute approximate surface area is 123 Å². The molecule has 1 aromatic rings. The summed E-state index contributed by atoms with van der Waals surface area (Å²) >= 11 is 0. The average Bonchev–Trinajstić information content (AvgIpc) is 2.87. The lowest BCUT2D eigenvalue weighted by molar-refractivity contribution is 0.162. The van der Waals surface area contributed by atoms with E-state index < -0.39 is 0 Å². The average molecular weight is 278 g/mol. The van der Waals surface area contributed by atoms with Gasteiger partial charge < -0.3 is 5.32 Å². The molecule has 1 aliphatic rings. The third-order valence-electron chi connectivity index (χ3n) is 4.21. The highest BCUT2D eigenvalue weighted by atomic mass is 15.3. The first kappa shape index (κ1) is 15.5. The van der Waals surface area contributed by atoms with Crippen LogP contribution in [0.2, 0.25) is 0 Å². The summed E-state index contributed by atoms with van der Waals surface area (Å²) in [6, 6.07) is 0.597. The fraction of sp³-hybridized carbons (Fsp3) is 0.812. The van der Waals surface area contributed by atoms with E-state index in [0.29, 0.717) is 6.04 Å². The molecule has 0 aliphatic carbocycles. The van der Waals surface area contributed by atoms with Crippen LogP contribution < -0.4 is 5.32 Å². The van der Waals surface area contributed by atoms with Crippen LogP contribution in [0.15, 0.2) is 12.4 Å². The predicted molar refractivity (Wildman–Crippen MR) is 83.7 cm³/mol. The van der Waals surface area contributed by atoms with Gasteiger partial charge in [0.2, 0.25) is 0 Å². The highest BCUT2D eigenvalue weighted by Gasteiger charge is 2.19. The lowest BCUT2D eigenvalue weighted by Gasteiger charge is -2.32. The molecule has 0 unspecified atom stereocenters. The van der Waals surface area contributed by atoms with E-state index in [9.17, 15) is 0 Å². The first-order valence-electron chi connectivity index (χ1n) is 8.15. The molecule has 0 amide bonds. The number of rotatable bonds is 7. The minimum absolute atomic E-state index is 0.597. The Balaban J connectivity index is 1.90. The van der Waals surface area contributed by atoms with E-state index in [4.69, 9.17) is 0 Å². The molecule has 114 valence electrons. The van der Waals surface area contributed by atoms with Crippen molar-refractivity contribution in [3.8, 4) is 0 Å². The maximum atomic E-state index is 4.45. The molecule has 0 saturated carbocycles. The maximum Gasteiger partial charge on any atom is 0.0534 e. The largest absolute Gasteiger partial charge is 0.317 e. The molecule has 0 atom stereocenters. The second-order valence-corrected chi connectivity index (χ2v) is 6.33. The van der Waals surface area contributed by atoms with Gasteiger partial charge in [-0.2, -0.15) is 5.10 Å². The molecular weight excluding hydrogens is 248 g/mol. The number of hydrogen-bond acceptors (Lipinski definition) is 3. The minimum Gasteiger partial charge on any atom is -0.317 e. The van der Waals surface area contributed by atoms with Crippen LogP contribution in [0.3, 0.4) is 0 Å². The molecule has 2 rings (SSSR count). The topological polar surface area (TPSA) is 33.1 Å². The molecule has 20 heavy (non-hydrogen) atoms. The van der Waals surface area contributed by atoms with Gasteiger partial charge in [0.05, 0.1) is 6.20 Å². The molecule has 1 fully saturated rings. The molecule has 1 saturated heterocycles. The summed E-state index contributed by atoms with van der Waals surface area (Å²) in [5.74, 6) is 0.851. The standard InChI is InChI=1S/C16H30N4/c1-4-9-20-13-16(10-18-20)12-19(14(2)3)11-15-5-7-17-8-6-15/h10,13-15,17H,4-9,11-12H2,1-3H3. The number of nitrogens with one attached hydrogen (secondary N) is 1. The van der Waals surface area contributed by atoms with Crippen LogP contribution in [-0.4, -0.2) is 40.4 Å². The third kappa shape index (κ3) is 4.60. The maximum absolute atomic E-state index is 4.45. The molecule has 4 heteroatoms. The van der Waals surface area contributed by atoms with Crippen LogP contribution in [-0.2, 0) is 13.1 Å². The molecule has 1 N–H and O–H groups in total. The zero-order valence-corrected chi connectivity index (χ0v) is 13.3. The van der Waals surface area contributed by atoms with Crippen LogP contribution in [0.25, 0.3) is 0 Å². The van der Waals surface area contributed by atoms with Gasteiger partial charge in [-0.25, -0.2) is 0 Å². The summed E-state index contributed by atoms with van der Waals surface area (Å²) in [5, 5.41) is 7.90. The Morgan fingerprint density at radius 1 is 1.40 bits per heavy atom. The van der Waals surface area contributed by atoms with Gasteiger partial charge in [-0.1, -0.05) is 6.92 Å². The van der Waals surface area contributed by atoms with E-state index in [-0.39, 0.29) is 0 Å². The summed E-state index contributed by atoms with van der Waals surface area (Å²) in [4.78, 5) is 2.60. The fourth-order valence-corrected chi connectivity index (χ4v) is 2.93. The smallest absolute Gasteiger partial charge is 0.0534 e. The van der Waals surface area contributed by atoms with Gasteiger partial charge in [0.15, 0.2) is 0 Å². The Morgan fingerprint density at radius 2 is 2.15 bits per heavy atom. The quantitative estimate of drug-likeness (QED) is 0.832. The van der Waals surface area contributed by atoms with Crippen LogP contribution in [0.5, 0.6) is 0 Å². The predicted octanol–water partition coefficient (Wildman–Crippen LogP) is 2.50. The molecular formula is C16H30N4. The zero-order valence-electron chi connectivity index (χ0n) is 13.3. The normalized spacial score (nSPS) is 17.2. The van der Waals surface area contributed by atoms with Gasteiger partial charge in [0, 0.05) is 37.4 Å². The minimum atomic E-state index is 0.597. The lowest BCUT2D eigenvalue weighted by Crippen LogP contribution is -2.39. The Kier molecular flexibility index (Phi) is 6.05. The van der Waals surface area contributed by atoms with Crippen molar-refractivity contribution in [3.63, 3.8) is 0 Å². The van der Waals surface area contributed by atoms with Gasteiger partial charge >= 0.3 is 0 Å². The highest BCUT2D eigenvalue weighted by Crippen LogP contribution is 2.17. The molecule has 2 heterocycles. The van der Waals surface area contributed by atoms with Crippen molar-refractivity contribution in [2.75, 3.05) is 19.6 Å². The summed E-state index contributed by atoms with van der Waals surface area (Å²) in [7, 11) is 0. The van der Waals surface area contributed by atoms with Crippen molar-refractivity contribution >= 4 is 0 Å². The molecule has 4 nitrogen and oxygen atoms in total. The number of nitrogens with zero attached hydrogens (tertiary/aromatic N) is 3. The zero-order chi connectivity index (χ0) is 14.4. The second kappa shape index (κ2) is 7.79. The molecule has 1 aliphatic heterocycles. The van der Waals surface area contributed by atoms with E-state index in [1.165, 1.54) is 38.0 Å². The van der Waals surface area contributed by atoms with E-state index in [1.807, 2.05) is 6.20 Å². The number of aryl methyl sites for hydroxylation is 1. The second-order valence-electron chi connectivity index (χ2n) is 6.33. The fourth-order valence-electron chi connectivity index (χ4n) is 2.93. The van der Waals surface area contributed by atoms with Crippen LogP contribution in [0, 0.1) is 5.92 Å². The third-order valence-corrected chi connectivity index (χ3v) is 4.21. The van der Waals surface area contributed by atoms with Crippen molar-refractivity contribution in [3.05, 3.63) is 18.0 Å². The summed E-state index contributed by atoms with van der Waals surface area (Å²) in [6.07, 6.45) is 8.02. The Bertz CT molecular complexity index is 380. The van der Waals surface area contributed by atoms with E-state index >= 15 is 0 Å². The molecule has 0 radical (unpaired) electrons. The van der Waals surface area contributed by atoms with Crippen LogP contribution in [0.1, 0.15) is 45.6 Å². The van der Waals surface area contributed by atoms with Crippen LogP contribution >= 0.6 is 0 Å². The van der Waals surface area contributed by atoms with E-state index in [1.54, 1.807) is 0 Å². The van der Waals surface area contributed by atoms with Gasteiger partial charge in [0.25, 0.3) is 0 Å². The monoisotopic (exact) mass is 278 g/mol. The van der Waals surface area contributed by atoms with E-state index in [2.05, 4.69) is 47.0 Å². The molecule has 1 aromatic heterocycles. The van der Waals surface area contributed by atoms with Gasteiger partial charge in [0.1, 0.15) is 0 Å². The van der Waals surface area contributed by atoms with Crippen molar-refractivity contribution in [1.29, 1.82) is 0 Å². The number of piperidine rings is 1. The van der Waals surface area contributed by atoms with Crippen LogP contribution in [0.4, 0.5) is 0 Å². The van der Waals surface area contributed by atoms with Crippen molar-refractivity contribution < 1.29 is 0 Å². The SMILES string of the molecule is CCCn1cc(CN(CC2CCNCC2)C(C)C)cn1. The summed E-state index contributed by atoms with van der Waals surface area (Å²) in [6.45, 7) is 12.4. The van der Waals surface area contributed by atoms with Crippen molar-refractivity contribution in [2.45, 2.75) is 59.2 Å². The Morgan fingerprint density at radius 3 is 2.80 bits per heavy atom. The first-order chi connectivity index (χ1) is 9.69. The molecule has 0 bridgehead atoms. The van der Waals surface area contributed by atoms with Gasteiger partial charge in [-0.15, -0.1) is 0 Å². The number of aromatic nitrogens is 2. The Hall–Kier alpha value is -0.870. The van der Waals surface area contributed by atoms with Gasteiger partial charge in [-0.3, -0.25) is 9.58 Å². The summed E-state index contributed by atoms with van der Waals surface area (Å²) < 4.78 is 2.07. The number of hydrogen-bond donors (Lipinski definition) is 1. The first-order valence-corrected chi connectivity index (χ1v) is 8.15. The molecule has 0 aromatic carbocycles. The van der Waals surface area contributed by atoms with Crippen molar-refractivity contribution in [2.24, 2.45) is 5.92 Å². The summed E-state index contributed by atoms with van der Waals surface area (Å²) in [5.41, 5.74) is 1.35. The lowest BCUT2D eigenvalue weighted by atomic mass is 9.97. The highest BCUT2D eigenvalue weighted by molar-refractivity contribution is 5.04. The van der Waals surface area contributed by atoms with Gasteiger partial charge in [-0.05, 0) is 52.1 Å². The molecule has 0 spiro atoms. The van der Waals surface area contributed by atoms with Crippen molar-refractivity contribution in [1.82, 2.24) is 20.0 Å².